The Labute approximate surface area is 114 Å². The molecule has 2 aromatic rings. The van der Waals surface area contributed by atoms with Gasteiger partial charge >= 0.3 is 0 Å². The summed E-state index contributed by atoms with van der Waals surface area (Å²) >= 11 is 3.96. The summed E-state index contributed by atoms with van der Waals surface area (Å²) in [5, 5.41) is 14.6. The van der Waals surface area contributed by atoms with E-state index < -0.39 is 4.92 Å². The van der Waals surface area contributed by atoms with Crippen LogP contribution in [0.25, 0.3) is 0 Å². The summed E-state index contributed by atoms with van der Waals surface area (Å²) in [5.41, 5.74) is 0.545. The summed E-state index contributed by atoms with van der Waals surface area (Å²) < 4.78 is 16.1. The third-order valence-electron chi connectivity index (χ3n) is 2.12. The van der Waals surface area contributed by atoms with Gasteiger partial charge in [0, 0.05) is 18.3 Å². The van der Waals surface area contributed by atoms with Gasteiger partial charge in [-0.2, -0.15) is 0 Å². The van der Waals surface area contributed by atoms with Crippen molar-refractivity contribution in [3.05, 3.63) is 52.2 Å². The number of hydrogen-bond acceptors (Lipinski definition) is 5. The first-order valence-corrected chi connectivity index (χ1v) is 5.54. The van der Waals surface area contributed by atoms with E-state index in [4.69, 9.17) is 4.74 Å². The molecule has 1 aromatic carbocycles. The lowest BCUT2D eigenvalue weighted by Gasteiger charge is -2.03. The predicted octanol–water partition coefficient (Wildman–Crippen LogP) is 2.65. The molecule has 8 heteroatoms. The molecule has 0 fully saturated rings. The number of aromatic nitrogens is 2. The molecule has 6 nitrogen and oxygen atoms in total. The predicted molar refractivity (Wildman–Crippen MR) is 71.1 cm³/mol. The van der Waals surface area contributed by atoms with Crippen molar-refractivity contribution in [2.75, 3.05) is 7.18 Å². The zero-order valence-corrected chi connectivity index (χ0v) is 11.0. The maximum absolute atomic E-state index is 10.8. The van der Waals surface area contributed by atoms with Crippen LogP contribution in [0, 0.1) is 10.1 Å². The van der Waals surface area contributed by atoms with Crippen LogP contribution in [0.1, 0.15) is 5.56 Å². The Balaban J connectivity index is 0.000000861. The minimum absolute atomic E-state index is 0.0396. The van der Waals surface area contributed by atoms with Crippen LogP contribution in [0.3, 0.4) is 0 Å². The molecular weight excluding hydrogens is 273 g/mol. The summed E-state index contributed by atoms with van der Waals surface area (Å²) in [6.07, 6.45) is 1.61. The maximum atomic E-state index is 10.8. The Kier molecular flexibility index (Phi) is 5.80. The Morgan fingerprint density at radius 3 is 2.68 bits per heavy atom. The smallest absolute Gasteiger partial charge is 0.276 e. The van der Waals surface area contributed by atoms with Crippen molar-refractivity contribution < 1.29 is 14.1 Å². The number of halogens is 1. The molecule has 102 valence electrons. The fourth-order valence-corrected chi connectivity index (χ4v) is 1.49. The molecule has 1 heterocycles. The third-order valence-corrected chi connectivity index (χ3v) is 2.34. The highest BCUT2D eigenvalue weighted by Gasteiger charge is 2.12. The monoisotopic (exact) mass is 285 g/mol. The lowest BCUT2D eigenvalue weighted by Crippen LogP contribution is -2.00. The van der Waals surface area contributed by atoms with Crippen LogP contribution in [-0.4, -0.2) is 21.3 Å². The lowest BCUT2D eigenvalue weighted by molar-refractivity contribution is -0.385. The highest BCUT2D eigenvalue weighted by Crippen LogP contribution is 2.19. The molecule has 2 rings (SSSR count). The minimum Gasteiger partial charge on any atom is -0.471 e. The van der Waals surface area contributed by atoms with Crippen LogP contribution in [0.15, 0.2) is 36.5 Å². The van der Waals surface area contributed by atoms with Crippen molar-refractivity contribution >= 4 is 18.5 Å². The van der Waals surface area contributed by atoms with E-state index in [-0.39, 0.29) is 12.3 Å². The first-order valence-electron chi connectivity index (χ1n) is 5.14. The van der Waals surface area contributed by atoms with Crippen LogP contribution >= 0.6 is 12.8 Å². The number of nitro benzene ring substituents is 1. The number of nitro groups is 1. The van der Waals surface area contributed by atoms with E-state index in [0.717, 1.165) is 0 Å². The summed E-state index contributed by atoms with van der Waals surface area (Å²) in [4.78, 5) is 10.3. The molecule has 19 heavy (non-hydrogen) atoms. The van der Waals surface area contributed by atoms with E-state index in [0.29, 0.717) is 18.6 Å². The van der Waals surface area contributed by atoms with Gasteiger partial charge in [0.25, 0.3) is 5.69 Å². The molecule has 0 aliphatic heterocycles. The molecule has 0 spiro atoms. The first kappa shape index (κ1) is 15.0. The van der Waals surface area contributed by atoms with Gasteiger partial charge in [0.15, 0.2) is 0 Å². The van der Waals surface area contributed by atoms with Crippen molar-refractivity contribution in [1.29, 1.82) is 0 Å². The Morgan fingerprint density at radius 1 is 1.42 bits per heavy atom. The first-order chi connectivity index (χ1) is 9.16. The van der Waals surface area contributed by atoms with Gasteiger partial charge in [-0.15, -0.1) is 5.10 Å². The highest BCUT2D eigenvalue weighted by atomic mass is 32.1. The van der Waals surface area contributed by atoms with Crippen LogP contribution in [0.5, 0.6) is 5.88 Å². The van der Waals surface area contributed by atoms with Crippen molar-refractivity contribution in [3.63, 3.8) is 0 Å². The Hall–Kier alpha value is -2.09. The second-order valence-corrected chi connectivity index (χ2v) is 3.66. The minimum atomic E-state index is -0.435. The second-order valence-electron chi connectivity index (χ2n) is 3.25. The van der Waals surface area contributed by atoms with Crippen molar-refractivity contribution in [2.45, 2.75) is 6.61 Å². The molecule has 1 aromatic heterocycles. The topological polar surface area (TPSA) is 70.2 Å². The SMILES string of the molecule is CF.O=[N+]([O-])c1ccccc1COc1ccn(S)n1. The Morgan fingerprint density at radius 2 is 2.11 bits per heavy atom. The summed E-state index contributed by atoms with van der Waals surface area (Å²) in [5.74, 6) is 0.373. The van der Waals surface area contributed by atoms with Gasteiger partial charge in [-0.25, -0.2) is 4.09 Å². The summed E-state index contributed by atoms with van der Waals surface area (Å²) in [7, 11) is 0.500. The molecule has 0 N–H and O–H groups in total. The summed E-state index contributed by atoms with van der Waals surface area (Å²) in [6, 6.07) is 8.06. The number of rotatable bonds is 4. The van der Waals surface area contributed by atoms with E-state index in [9.17, 15) is 14.5 Å². The molecule has 0 unspecified atom stereocenters. The van der Waals surface area contributed by atoms with Gasteiger partial charge in [-0.1, -0.05) is 12.1 Å². The van der Waals surface area contributed by atoms with Crippen LogP contribution < -0.4 is 4.74 Å². The zero-order valence-electron chi connectivity index (χ0n) is 10.1. The third kappa shape index (κ3) is 4.25. The normalized spacial score (nSPS) is 9.42. The largest absolute Gasteiger partial charge is 0.471 e. The fraction of sp³-hybridized carbons (Fsp3) is 0.182. The quantitative estimate of drug-likeness (QED) is 0.532. The number of hydrogen-bond donors (Lipinski definition) is 1. The van der Waals surface area contributed by atoms with Crippen LogP contribution in [0.2, 0.25) is 0 Å². The molecule has 0 radical (unpaired) electrons. The van der Waals surface area contributed by atoms with Gasteiger partial charge in [-0.05, 0) is 18.9 Å². The van der Waals surface area contributed by atoms with Crippen LogP contribution in [-0.2, 0) is 6.61 Å². The average molecular weight is 285 g/mol. The zero-order chi connectivity index (χ0) is 14.3. The molecule has 0 bridgehead atoms. The van der Waals surface area contributed by atoms with Gasteiger partial charge < -0.3 is 4.74 Å². The molecule has 0 atom stereocenters. The number of ether oxygens (including phenoxy) is 1. The number of thiol groups is 1. The number of para-hydroxylation sites is 1. The molecule has 0 aliphatic rings. The number of benzene rings is 1. The maximum Gasteiger partial charge on any atom is 0.276 e. The molecular formula is C11H12FN3O3S. The summed E-state index contributed by atoms with van der Waals surface area (Å²) in [6.45, 7) is 0.0992. The number of nitrogens with zero attached hydrogens (tertiary/aromatic N) is 3. The second kappa shape index (κ2) is 7.37. The Bertz CT molecular complexity index is 547. The van der Waals surface area contributed by atoms with E-state index >= 15 is 0 Å². The lowest BCUT2D eigenvalue weighted by atomic mass is 10.2. The van der Waals surface area contributed by atoms with Gasteiger partial charge in [0.1, 0.15) is 6.61 Å². The standard InChI is InChI=1S/C10H9N3O3S.CH3F/c14-13(15)9-4-2-1-3-8(9)7-16-10-5-6-12(17)11-10;1-2/h1-6,17H,7H2;1H3. The highest BCUT2D eigenvalue weighted by molar-refractivity contribution is 7.78. The van der Waals surface area contributed by atoms with Gasteiger partial charge in [0.2, 0.25) is 5.88 Å². The van der Waals surface area contributed by atoms with E-state index in [2.05, 4.69) is 17.9 Å². The fourth-order valence-electron chi connectivity index (χ4n) is 1.34. The van der Waals surface area contributed by atoms with E-state index in [1.54, 1.807) is 30.5 Å². The molecule has 0 amide bonds. The molecule has 0 aliphatic carbocycles. The van der Waals surface area contributed by atoms with Gasteiger partial charge in [-0.3, -0.25) is 14.5 Å². The molecule has 0 saturated carbocycles. The van der Waals surface area contributed by atoms with Crippen molar-refractivity contribution in [3.8, 4) is 5.88 Å². The molecule has 0 saturated heterocycles. The average Bonchev–Trinajstić information content (AvgIpc) is 2.85. The van der Waals surface area contributed by atoms with Crippen molar-refractivity contribution in [2.24, 2.45) is 0 Å². The van der Waals surface area contributed by atoms with E-state index in [1.807, 2.05) is 0 Å². The van der Waals surface area contributed by atoms with Crippen molar-refractivity contribution in [1.82, 2.24) is 9.19 Å². The van der Waals surface area contributed by atoms with Gasteiger partial charge in [0.05, 0.1) is 17.7 Å². The van der Waals surface area contributed by atoms with Crippen LogP contribution in [0.4, 0.5) is 10.1 Å². The van der Waals surface area contributed by atoms with E-state index in [1.165, 1.54) is 10.2 Å². The number of alkyl halides is 1.